The minimum absolute atomic E-state index is 0.0807. The van der Waals surface area contributed by atoms with Gasteiger partial charge in [0.1, 0.15) is 0 Å². The molecule has 0 unspecified atom stereocenters. The van der Waals surface area contributed by atoms with Crippen LogP contribution in [0.3, 0.4) is 0 Å². The second-order valence-corrected chi connectivity index (χ2v) is 11.4. The van der Waals surface area contributed by atoms with Crippen molar-refractivity contribution in [3.05, 3.63) is 22.8 Å². The van der Waals surface area contributed by atoms with Gasteiger partial charge in [-0.1, -0.05) is 0 Å². The van der Waals surface area contributed by atoms with Crippen molar-refractivity contribution in [3.63, 3.8) is 0 Å². The highest BCUT2D eigenvalue weighted by atomic mass is 32.1. The molecule has 0 fully saturated rings. The number of rotatable bonds is 6. The number of nitrogen functional groups attached to an aromatic ring is 2. The Labute approximate surface area is 260 Å². The summed E-state index contributed by atoms with van der Waals surface area (Å²) in [5.41, 5.74) is 17.3. The van der Waals surface area contributed by atoms with E-state index in [-0.39, 0.29) is 34.9 Å². The molecule has 0 aliphatic heterocycles. The Morgan fingerprint density at radius 2 is 1.02 bits per heavy atom. The number of aryl methyl sites for hydroxylation is 6. The third-order valence-corrected chi connectivity index (χ3v) is 8.28. The topological polar surface area (TPSA) is 257 Å². The molecule has 7 aromatic heterocycles. The van der Waals surface area contributed by atoms with Crippen molar-refractivity contribution >= 4 is 78.1 Å². The summed E-state index contributed by atoms with van der Waals surface area (Å²) in [5, 5.41) is 48.2. The Bertz CT molecular complexity index is 2180. The number of anilines is 2. The predicted octanol–water partition coefficient (Wildman–Crippen LogP) is 3.86. The van der Waals surface area contributed by atoms with Crippen LogP contribution in [0.5, 0.6) is 6.01 Å². The number of aromatic nitrogens is 13. The minimum atomic E-state index is -0.611. The van der Waals surface area contributed by atoms with E-state index in [2.05, 4.69) is 64.6 Å². The van der Waals surface area contributed by atoms with Gasteiger partial charge in [-0.2, -0.15) is 53.5 Å². The first-order valence-electron chi connectivity index (χ1n) is 13.1. The largest absolute Gasteiger partial charge is 0.479 e. The van der Waals surface area contributed by atoms with Crippen LogP contribution in [0, 0.1) is 27.7 Å². The van der Waals surface area contributed by atoms with E-state index in [0.717, 1.165) is 22.2 Å². The number of nitrogens with zero attached hydrogens (tertiary/aromatic N) is 17. The van der Waals surface area contributed by atoms with Crippen LogP contribution >= 0.6 is 23.1 Å². The van der Waals surface area contributed by atoms with Crippen molar-refractivity contribution < 1.29 is 5.11 Å². The van der Waals surface area contributed by atoms with E-state index in [9.17, 15) is 5.11 Å². The Morgan fingerprint density at radius 1 is 0.600 bits per heavy atom. The quantitative estimate of drug-likeness (QED) is 0.218. The van der Waals surface area contributed by atoms with Gasteiger partial charge in [-0.05, 0) is 50.8 Å². The molecule has 7 aromatic rings. The number of fused-ring (bicyclic) bond motifs is 2. The molecule has 45 heavy (non-hydrogen) atoms. The highest BCUT2D eigenvalue weighted by Crippen LogP contribution is 2.37. The summed E-state index contributed by atoms with van der Waals surface area (Å²) in [6.45, 7) is 7.16. The third-order valence-electron chi connectivity index (χ3n) is 6.84. The van der Waals surface area contributed by atoms with E-state index < -0.39 is 6.01 Å². The van der Waals surface area contributed by atoms with Gasteiger partial charge in [-0.25, -0.2) is 9.36 Å². The van der Waals surface area contributed by atoms with Gasteiger partial charge in [0, 0.05) is 14.1 Å². The molecule has 0 amide bonds. The van der Waals surface area contributed by atoms with Crippen LogP contribution in [0.25, 0.3) is 34.0 Å². The summed E-state index contributed by atoms with van der Waals surface area (Å²) in [4.78, 5) is 12.4. The zero-order valence-electron chi connectivity index (χ0n) is 24.5. The number of nitrogens with two attached hydrogens (primary N) is 2. The van der Waals surface area contributed by atoms with Crippen molar-refractivity contribution in [3.8, 4) is 17.9 Å². The van der Waals surface area contributed by atoms with Gasteiger partial charge in [0.25, 0.3) is 11.9 Å². The van der Waals surface area contributed by atoms with E-state index in [1.807, 2.05) is 27.9 Å². The molecule has 0 aromatic carbocycles. The number of azo groups is 2. The first-order chi connectivity index (χ1) is 21.5. The molecule has 228 valence electrons. The Hall–Kier alpha value is -5.77. The molecule has 7 heterocycles. The van der Waals surface area contributed by atoms with Gasteiger partial charge in [-0.15, -0.1) is 20.5 Å². The summed E-state index contributed by atoms with van der Waals surface area (Å²) in [6, 6.07) is -0.611. The van der Waals surface area contributed by atoms with Gasteiger partial charge in [0.15, 0.2) is 44.3 Å². The fraction of sp³-hybridized carbons (Fsp3) is 0.261. The Kier molecular flexibility index (Phi) is 6.33. The molecule has 0 radical (unpaired) electrons. The molecule has 7 rings (SSSR count). The van der Waals surface area contributed by atoms with Crippen molar-refractivity contribution in [1.82, 2.24) is 62.8 Å². The lowest BCUT2D eigenvalue weighted by atomic mass is 10.3. The average Bonchev–Trinajstić information content (AvgIpc) is 3.81. The Morgan fingerprint density at radius 3 is 1.44 bits per heavy atom. The van der Waals surface area contributed by atoms with Crippen LogP contribution in [-0.2, 0) is 14.1 Å². The van der Waals surface area contributed by atoms with E-state index in [4.69, 9.17) is 11.5 Å². The molecular formula is C23H23N19OS2. The summed E-state index contributed by atoms with van der Waals surface area (Å²) in [6.07, 6.45) is 0. The molecular weight excluding hydrogens is 623 g/mol. The standard InChI is InChI=1S/C23H23N19OS2/c1-7-11-17(39(5)33-7)37-44-19(11)31-29-13-9(3)35-41(15(13)24)21-26-22(28-23(43)27-21)42-16(25)14(10(4)36-42)30-32-20-12-8(2)34-40(6)18(12)38-45-20/h24-25H2,1-6H3,(H,26,27,28,43). The lowest BCUT2D eigenvalue weighted by Crippen LogP contribution is -2.13. The molecule has 0 saturated heterocycles. The van der Waals surface area contributed by atoms with Gasteiger partial charge < -0.3 is 16.6 Å². The fourth-order valence-corrected chi connectivity index (χ4v) is 6.33. The SMILES string of the molecule is Cc1nn(-c2nc(O)nc(-n3nc(C)c(N=Nc4snc5c4c(C)nn5C)c3N)n2)c(N)c1N=Nc1snc2c1c(C)nn2C. The molecule has 20 nitrogen and oxygen atoms in total. The highest BCUT2D eigenvalue weighted by Gasteiger charge is 2.22. The van der Waals surface area contributed by atoms with Crippen molar-refractivity contribution in [2.75, 3.05) is 11.5 Å². The van der Waals surface area contributed by atoms with Gasteiger partial charge in [0.2, 0.25) is 0 Å². The van der Waals surface area contributed by atoms with E-state index >= 15 is 0 Å². The molecule has 5 N–H and O–H groups in total. The molecule has 0 saturated carbocycles. The third kappa shape index (κ3) is 4.45. The maximum atomic E-state index is 10.4. The summed E-state index contributed by atoms with van der Waals surface area (Å²) in [5.74, 6) is -0.0374. The first-order valence-corrected chi connectivity index (χ1v) is 14.6. The number of aromatic hydroxyl groups is 1. The van der Waals surface area contributed by atoms with E-state index in [0.29, 0.717) is 32.7 Å². The van der Waals surface area contributed by atoms with Crippen LogP contribution in [0.1, 0.15) is 22.8 Å². The fourth-order valence-electron chi connectivity index (χ4n) is 4.75. The summed E-state index contributed by atoms with van der Waals surface area (Å²) in [7, 11) is 3.62. The molecule has 0 aliphatic carbocycles. The van der Waals surface area contributed by atoms with Crippen LogP contribution in [0.4, 0.5) is 33.0 Å². The van der Waals surface area contributed by atoms with Crippen LogP contribution in [0.15, 0.2) is 20.5 Å². The Balaban J connectivity index is 1.22. The summed E-state index contributed by atoms with van der Waals surface area (Å²) < 4.78 is 14.6. The van der Waals surface area contributed by atoms with Gasteiger partial charge >= 0.3 is 6.01 Å². The maximum Gasteiger partial charge on any atom is 0.320 e. The zero-order chi connectivity index (χ0) is 31.7. The van der Waals surface area contributed by atoms with Crippen molar-refractivity contribution in [2.24, 2.45) is 34.6 Å². The average molecular weight is 646 g/mol. The van der Waals surface area contributed by atoms with Gasteiger partial charge in [-0.3, -0.25) is 0 Å². The lowest BCUT2D eigenvalue weighted by Gasteiger charge is -2.06. The minimum Gasteiger partial charge on any atom is -0.479 e. The van der Waals surface area contributed by atoms with Crippen molar-refractivity contribution in [2.45, 2.75) is 27.7 Å². The molecule has 0 aliphatic rings. The smallest absolute Gasteiger partial charge is 0.320 e. The second-order valence-electron chi connectivity index (χ2n) is 9.89. The van der Waals surface area contributed by atoms with Crippen molar-refractivity contribution in [1.29, 1.82) is 0 Å². The molecule has 0 atom stereocenters. The first kappa shape index (κ1) is 28.0. The van der Waals surface area contributed by atoms with Crippen LogP contribution in [-0.4, -0.2) is 67.9 Å². The second kappa shape index (κ2) is 10.2. The highest BCUT2D eigenvalue weighted by molar-refractivity contribution is 7.11. The molecule has 0 bridgehead atoms. The van der Waals surface area contributed by atoms with Crippen LogP contribution < -0.4 is 11.5 Å². The van der Waals surface area contributed by atoms with Crippen LogP contribution in [0.2, 0.25) is 0 Å². The number of hydrogen-bond donors (Lipinski definition) is 3. The molecule has 0 spiro atoms. The van der Waals surface area contributed by atoms with E-state index in [1.54, 1.807) is 23.2 Å². The van der Waals surface area contributed by atoms with Gasteiger partial charge in [0.05, 0.1) is 33.5 Å². The monoisotopic (exact) mass is 645 g/mol. The zero-order valence-corrected chi connectivity index (χ0v) is 26.2. The lowest BCUT2D eigenvalue weighted by molar-refractivity contribution is 0.423. The number of hydrogen-bond acceptors (Lipinski definition) is 18. The maximum absolute atomic E-state index is 10.4. The summed E-state index contributed by atoms with van der Waals surface area (Å²) >= 11 is 2.39. The van der Waals surface area contributed by atoms with E-state index in [1.165, 1.54) is 32.4 Å². The molecule has 22 heteroatoms. The normalized spacial score (nSPS) is 12.3. The predicted molar refractivity (Wildman–Crippen MR) is 165 cm³/mol.